The van der Waals surface area contributed by atoms with Crippen molar-refractivity contribution in [3.8, 4) is 0 Å². The molecule has 0 radical (unpaired) electrons. The lowest BCUT2D eigenvalue weighted by molar-refractivity contribution is -0.140. The number of aromatic nitrogens is 1. The van der Waals surface area contributed by atoms with Gasteiger partial charge in [-0.2, -0.15) is 0 Å². The maximum Gasteiger partial charge on any atom is 0.232 e. The molecule has 4 bridgehead atoms. The van der Waals surface area contributed by atoms with E-state index in [4.69, 9.17) is 4.98 Å². The van der Waals surface area contributed by atoms with Gasteiger partial charge in [0.25, 0.3) is 0 Å². The van der Waals surface area contributed by atoms with Gasteiger partial charge >= 0.3 is 0 Å². The molecule has 118 valence electrons. The summed E-state index contributed by atoms with van der Waals surface area (Å²) in [5, 5.41) is 4.09. The fourth-order valence-electron chi connectivity index (χ4n) is 6.02. The van der Waals surface area contributed by atoms with Gasteiger partial charge in [0.15, 0.2) is 5.13 Å². The van der Waals surface area contributed by atoms with Crippen LogP contribution in [0.4, 0.5) is 5.13 Å². The van der Waals surface area contributed by atoms with Crippen molar-refractivity contribution in [1.29, 1.82) is 0 Å². The lowest BCUT2D eigenvalue weighted by atomic mass is 9.49. The molecule has 3 nitrogen and oxygen atoms in total. The van der Waals surface area contributed by atoms with Crippen molar-refractivity contribution < 1.29 is 4.79 Å². The number of fused-ring (bicyclic) bond motifs is 1. The number of rotatable bonds is 2. The molecule has 4 heteroatoms. The van der Waals surface area contributed by atoms with E-state index in [0.717, 1.165) is 55.0 Å². The Kier molecular flexibility index (Phi) is 2.95. The third-order valence-electron chi connectivity index (χ3n) is 6.59. The summed E-state index contributed by atoms with van der Waals surface area (Å²) in [5.41, 5.74) is 1.19. The first-order chi connectivity index (χ1) is 10.7. The molecular formula is C18H24N2OS. The quantitative estimate of drug-likeness (QED) is 0.889. The van der Waals surface area contributed by atoms with Crippen LogP contribution in [0, 0.1) is 23.2 Å². The van der Waals surface area contributed by atoms with Crippen molar-refractivity contribution in [3.05, 3.63) is 10.6 Å². The van der Waals surface area contributed by atoms with Crippen LogP contribution in [-0.4, -0.2) is 10.9 Å². The highest BCUT2D eigenvalue weighted by Gasteiger charge is 2.54. The molecule has 5 aliphatic rings. The zero-order valence-electron chi connectivity index (χ0n) is 13.1. The highest BCUT2D eigenvalue weighted by Crippen LogP contribution is 2.60. The number of hydrogen-bond acceptors (Lipinski definition) is 3. The second kappa shape index (κ2) is 4.80. The average Bonchev–Trinajstić information content (AvgIpc) is 2.88. The largest absolute Gasteiger partial charge is 0.301 e. The molecule has 4 saturated carbocycles. The van der Waals surface area contributed by atoms with E-state index in [-0.39, 0.29) is 11.3 Å². The fraction of sp³-hybridized carbons (Fsp3) is 0.778. The summed E-state index contributed by atoms with van der Waals surface area (Å²) in [6, 6.07) is 0. The molecule has 0 unspecified atom stereocenters. The first-order valence-corrected chi connectivity index (χ1v) is 9.82. The Hall–Kier alpha value is -0.900. The summed E-state index contributed by atoms with van der Waals surface area (Å²) in [4.78, 5) is 19.1. The van der Waals surface area contributed by atoms with E-state index in [1.54, 1.807) is 11.3 Å². The Morgan fingerprint density at radius 1 is 1.05 bits per heavy atom. The summed E-state index contributed by atoms with van der Waals surface area (Å²) >= 11 is 1.72. The second-order valence-corrected chi connectivity index (χ2v) is 9.33. The van der Waals surface area contributed by atoms with E-state index in [1.807, 2.05) is 0 Å². The lowest BCUT2D eigenvalue weighted by Gasteiger charge is -2.55. The number of hydrogen-bond donors (Lipinski definition) is 1. The Morgan fingerprint density at radius 2 is 1.68 bits per heavy atom. The number of carbonyl (C=O) groups excluding carboxylic acids is 1. The zero-order chi connectivity index (χ0) is 14.7. The number of anilines is 1. The van der Waals surface area contributed by atoms with Crippen LogP contribution in [0.15, 0.2) is 0 Å². The van der Waals surface area contributed by atoms with Crippen molar-refractivity contribution in [1.82, 2.24) is 4.98 Å². The highest BCUT2D eigenvalue weighted by molar-refractivity contribution is 7.15. The zero-order valence-corrected chi connectivity index (χ0v) is 13.9. The van der Waals surface area contributed by atoms with Gasteiger partial charge in [0.1, 0.15) is 0 Å². The third kappa shape index (κ3) is 2.06. The van der Waals surface area contributed by atoms with Gasteiger partial charge in [0.05, 0.1) is 11.1 Å². The van der Waals surface area contributed by atoms with Crippen molar-refractivity contribution in [2.75, 3.05) is 5.32 Å². The Bertz CT molecular complexity index is 562. The van der Waals surface area contributed by atoms with Crippen molar-refractivity contribution in [2.45, 2.75) is 64.2 Å². The average molecular weight is 316 g/mol. The van der Waals surface area contributed by atoms with Crippen molar-refractivity contribution >= 4 is 22.4 Å². The van der Waals surface area contributed by atoms with Gasteiger partial charge in [-0.05, 0) is 82.0 Å². The Labute approximate surface area is 135 Å². The maximum atomic E-state index is 13.0. The summed E-state index contributed by atoms with van der Waals surface area (Å²) in [7, 11) is 0. The number of nitrogens with zero attached hydrogens (tertiary/aromatic N) is 1. The molecule has 0 spiro atoms. The molecule has 4 fully saturated rings. The summed E-state index contributed by atoms with van der Waals surface area (Å²) in [5.74, 6) is 2.75. The monoisotopic (exact) mass is 316 g/mol. The minimum Gasteiger partial charge on any atom is -0.301 e. The molecule has 0 aliphatic heterocycles. The molecule has 1 amide bonds. The molecule has 0 saturated heterocycles. The first-order valence-electron chi connectivity index (χ1n) is 9.00. The standard InChI is InChI=1S/C18H24N2OS/c21-16(20-17-19-14-3-1-2-4-15(14)22-17)18-8-11-5-12(9-18)7-13(6-11)10-18/h11-13H,1-10H2,(H,19,20,21). The van der Waals surface area contributed by atoms with E-state index in [0.29, 0.717) is 0 Å². The molecular weight excluding hydrogens is 292 g/mol. The van der Waals surface area contributed by atoms with Crippen LogP contribution in [0.1, 0.15) is 61.9 Å². The molecule has 1 aromatic heterocycles. The molecule has 0 atom stereocenters. The summed E-state index contributed by atoms with van der Waals surface area (Å²) in [6.07, 6.45) is 12.3. The van der Waals surface area contributed by atoms with Crippen LogP contribution in [0.25, 0.3) is 0 Å². The molecule has 1 heterocycles. The number of aryl methyl sites for hydroxylation is 2. The van der Waals surface area contributed by atoms with E-state index in [1.165, 1.54) is 42.7 Å². The van der Waals surface area contributed by atoms with Gasteiger partial charge in [-0.1, -0.05) is 0 Å². The first kappa shape index (κ1) is 13.5. The predicted molar refractivity (Wildman–Crippen MR) is 88.0 cm³/mol. The SMILES string of the molecule is O=C(Nc1nc2c(s1)CCCC2)C12CC3CC(CC(C3)C1)C2. The Morgan fingerprint density at radius 3 is 2.32 bits per heavy atom. The minimum absolute atomic E-state index is 0.0546. The van der Waals surface area contributed by atoms with E-state index in [2.05, 4.69) is 5.32 Å². The van der Waals surface area contributed by atoms with Gasteiger partial charge in [0, 0.05) is 4.88 Å². The number of thiazole rings is 1. The molecule has 0 aromatic carbocycles. The number of amides is 1. The number of carbonyl (C=O) groups is 1. The minimum atomic E-state index is -0.0546. The van der Waals surface area contributed by atoms with Gasteiger partial charge in [-0.15, -0.1) is 11.3 Å². The van der Waals surface area contributed by atoms with Gasteiger partial charge in [0.2, 0.25) is 5.91 Å². The molecule has 1 aromatic rings. The topological polar surface area (TPSA) is 42.0 Å². The second-order valence-electron chi connectivity index (χ2n) is 8.25. The molecule has 1 N–H and O–H groups in total. The van der Waals surface area contributed by atoms with Gasteiger partial charge in [-0.25, -0.2) is 4.98 Å². The van der Waals surface area contributed by atoms with E-state index >= 15 is 0 Å². The van der Waals surface area contributed by atoms with Gasteiger partial charge in [-0.3, -0.25) is 4.79 Å². The van der Waals surface area contributed by atoms with E-state index in [9.17, 15) is 4.79 Å². The van der Waals surface area contributed by atoms with Crippen LogP contribution in [0.2, 0.25) is 0 Å². The third-order valence-corrected chi connectivity index (χ3v) is 7.66. The Balaban J connectivity index is 1.37. The van der Waals surface area contributed by atoms with Crippen LogP contribution in [0.5, 0.6) is 0 Å². The van der Waals surface area contributed by atoms with Crippen LogP contribution in [0.3, 0.4) is 0 Å². The van der Waals surface area contributed by atoms with Crippen LogP contribution < -0.4 is 5.32 Å². The molecule has 6 rings (SSSR count). The maximum absolute atomic E-state index is 13.0. The lowest BCUT2D eigenvalue weighted by Crippen LogP contribution is -2.51. The van der Waals surface area contributed by atoms with Crippen molar-refractivity contribution in [2.24, 2.45) is 23.2 Å². The summed E-state index contributed by atoms with van der Waals surface area (Å²) < 4.78 is 0. The highest BCUT2D eigenvalue weighted by atomic mass is 32.1. The van der Waals surface area contributed by atoms with Crippen LogP contribution in [-0.2, 0) is 17.6 Å². The molecule has 22 heavy (non-hydrogen) atoms. The van der Waals surface area contributed by atoms with Crippen molar-refractivity contribution in [3.63, 3.8) is 0 Å². The van der Waals surface area contributed by atoms with E-state index < -0.39 is 0 Å². The number of nitrogens with one attached hydrogen (secondary N) is 1. The molecule has 5 aliphatic carbocycles. The smallest absolute Gasteiger partial charge is 0.232 e. The van der Waals surface area contributed by atoms with Gasteiger partial charge < -0.3 is 5.32 Å². The van der Waals surface area contributed by atoms with Crippen LogP contribution >= 0.6 is 11.3 Å². The summed E-state index contributed by atoms with van der Waals surface area (Å²) in [6.45, 7) is 0. The fourth-order valence-corrected chi connectivity index (χ4v) is 7.07. The predicted octanol–water partition coefficient (Wildman–Crippen LogP) is 4.18. The normalized spacial score (nSPS) is 38.8.